The second-order valence-electron chi connectivity index (χ2n) is 7.04. The van der Waals surface area contributed by atoms with Crippen molar-refractivity contribution < 1.29 is 9.59 Å². The number of hydrogen-bond donors (Lipinski definition) is 2. The number of nitrogens with zero attached hydrogens (tertiary/aromatic N) is 3. The minimum Gasteiger partial charge on any atom is -0.355 e. The van der Waals surface area contributed by atoms with Crippen LogP contribution >= 0.6 is 35.6 Å². The molecule has 0 radical (unpaired) electrons. The van der Waals surface area contributed by atoms with Gasteiger partial charge < -0.3 is 20.4 Å². The number of amides is 2. The molecular formula is C22H27ClIN5O2. The number of hydrogen-bond acceptors (Lipinski definition) is 3. The van der Waals surface area contributed by atoms with Gasteiger partial charge in [-0.25, -0.2) is 0 Å². The number of halogens is 2. The quantitative estimate of drug-likeness (QED) is 0.338. The van der Waals surface area contributed by atoms with E-state index in [1.165, 1.54) is 0 Å². The van der Waals surface area contributed by atoms with Gasteiger partial charge in [0.2, 0.25) is 5.91 Å². The molecule has 1 heterocycles. The molecule has 1 aliphatic heterocycles. The highest BCUT2D eigenvalue weighted by Crippen LogP contribution is 2.14. The lowest BCUT2D eigenvalue weighted by atomic mass is 10.1. The molecule has 0 bridgehead atoms. The van der Waals surface area contributed by atoms with Crippen molar-refractivity contribution in [2.75, 3.05) is 33.7 Å². The van der Waals surface area contributed by atoms with Crippen LogP contribution in [0.3, 0.4) is 0 Å². The second kappa shape index (κ2) is 11.9. The Hall–Kier alpha value is -2.33. The molecule has 1 fully saturated rings. The Morgan fingerprint density at radius 1 is 1.13 bits per heavy atom. The van der Waals surface area contributed by atoms with Crippen LogP contribution in [0.1, 0.15) is 21.5 Å². The van der Waals surface area contributed by atoms with Gasteiger partial charge >= 0.3 is 0 Å². The third kappa shape index (κ3) is 6.83. The number of carbonyl (C=O) groups is 2. The number of nitrogens with one attached hydrogen (secondary N) is 2. The fraction of sp³-hybridized carbons (Fsp3) is 0.318. The minimum atomic E-state index is -0.122. The Labute approximate surface area is 204 Å². The van der Waals surface area contributed by atoms with E-state index in [0.29, 0.717) is 42.7 Å². The van der Waals surface area contributed by atoms with Crippen LogP contribution in [-0.2, 0) is 17.9 Å². The highest BCUT2D eigenvalue weighted by Gasteiger charge is 2.26. The number of guanidine groups is 1. The Morgan fingerprint density at radius 2 is 1.87 bits per heavy atom. The van der Waals surface area contributed by atoms with Crippen molar-refractivity contribution in [3.05, 3.63) is 70.2 Å². The van der Waals surface area contributed by atoms with Gasteiger partial charge in [-0.05, 0) is 35.4 Å². The second-order valence-corrected chi connectivity index (χ2v) is 7.48. The lowest BCUT2D eigenvalue weighted by molar-refractivity contribution is -0.135. The summed E-state index contributed by atoms with van der Waals surface area (Å²) in [4.78, 5) is 32.6. The SMILES string of the molecule is CN=C(NCc1cccc(C(=O)NC)c1)N1CCN(Cc2ccc(Cl)cc2)C(=O)C1.I. The van der Waals surface area contributed by atoms with Gasteiger partial charge in [0.05, 0.1) is 6.54 Å². The number of carbonyl (C=O) groups excluding carboxylic acids is 2. The van der Waals surface area contributed by atoms with Crippen molar-refractivity contribution >= 4 is 53.4 Å². The molecule has 0 aliphatic carbocycles. The first-order chi connectivity index (χ1) is 14.5. The molecule has 31 heavy (non-hydrogen) atoms. The number of piperazine rings is 1. The lowest BCUT2D eigenvalue weighted by Gasteiger charge is -2.36. The zero-order chi connectivity index (χ0) is 21.5. The topological polar surface area (TPSA) is 77.0 Å². The highest BCUT2D eigenvalue weighted by molar-refractivity contribution is 14.0. The van der Waals surface area contributed by atoms with E-state index in [-0.39, 0.29) is 42.3 Å². The van der Waals surface area contributed by atoms with Crippen molar-refractivity contribution in [3.63, 3.8) is 0 Å². The average Bonchev–Trinajstić information content (AvgIpc) is 2.77. The summed E-state index contributed by atoms with van der Waals surface area (Å²) in [7, 11) is 3.31. The van der Waals surface area contributed by atoms with Crippen molar-refractivity contribution in [2.24, 2.45) is 4.99 Å². The number of benzene rings is 2. The lowest BCUT2D eigenvalue weighted by Crippen LogP contribution is -2.54. The van der Waals surface area contributed by atoms with Crippen molar-refractivity contribution in [3.8, 4) is 0 Å². The van der Waals surface area contributed by atoms with Crippen LogP contribution in [-0.4, -0.2) is 61.3 Å². The van der Waals surface area contributed by atoms with Crippen LogP contribution in [0.4, 0.5) is 0 Å². The van der Waals surface area contributed by atoms with Crippen LogP contribution in [0.15, 0.2) is 53.5 Å². The van der Waals surface area contributed by atoms with Gasteiger partial charge in [0.1, 0.15) is 0 Å². The Bertz CT molecular complexity index is 936. The normalized spacial score (nSPS) is 14.2. The molecule has 3 rings (SSSR count). The molecular weight excluding hydrogens is 529 g/mol. The predicted molar refractivity (Wildman–Crippen MR) is 134 cm³/mol. The standard InChI is InChI=1S/C22H26ClN5O2.HI/c1-24-21(30)18-5-3-4-17(12-18)13-26-22(25-2)28-11-10-27(20(29)15-28)14-16-6-8-19(23)9-7-16;/h3-9,12H,10-11,13-15H2,1-2H3,(H,24,30)(H,25,26);1H. The van der Waals surface area contributed by atoms with Crippen molar-refractivity contribution in [2.45, 2.75) is 13.1 Å². The molecule has 9 heteroatoms. The summed E-state index contributed by atoms with van der Waals surface area (Å²) in [6.07, 6.45) is 0. The summed E-state index contributed by atoms with van der Waals surface area (Å²) in [5.41, 5.74) is 2.63. The van der Waals surface area contributed by atoms with Crippen LogP contribution in [0.5, 0.6) is 0 Å². The molecule has 166 valence electrons. The molecule has 1 aliphatic rings. The van der Waals surface area contributed by atoms with E-state index in [4.69, 9.17) is 11.6 Å². The predicted octanol–water partition coefficient (Wildman–Crippen LogP) is 2.74. The summed E-state index contributed by atoms with van der Waals surface area (Å²) in [6.45, 7) is 2.66. The van der Waals surface area contributed by atoms with E-state index in [0.717, 1.165) is 11.1 Å². The highest BCUT2D eigenvalue weighted by atomic mass is 127. The van der Waals surface area contributed by atoms with Crippen LogP contribution in [0, 0.1) is 0 Å². The molecule has 2 aromatic carbocycles. The fourth-order valence-corrected chi connectivity index (χ4v) is 3.47. The molecule has 0 spiro atoms. The van der Waals surface area contributed by atoms with E-state index in [1.807, 2.05) is 52.3 Å². The molecule has 0 saturated carbocycles. The van der Waals surface area contributed by atoms with Crippen molar-refractivity contribution in [1.29, 1.82) is 0 Å². The zero-order valence-electron chi connectivity index (χ0n) is 17.6. The molecule has 2 N–H and O–H groups in total. The van der Waals surface area contributed by atoms with Gasteiger partial charge in [-0.1, -0.05) is 35.9 Å². The van der Waals surface area contributed by atoms with E-state index in [2.05, 4.69) is 15.6 Å². The fourth-order valence-electron chi connectivity index (χ4n) is 3.35. The van der Waals surface area contributed by atoms with E-state index < -0.39 is 0 Å². The average molecular weight is 556 g/mol. The van der Waals surface area contributed by atoms with Gasteiger partial charge in [-0.15, -0.1) is 24.0 Å². The molecule has 0 unspecified atom stereocenters. The molecule has 0 aromatic heterocycles. The van der Waals surface area contributed by atoms with E-state index in [1.54, 1.807) is 20.2 Å². The first-order valence-corrected chi connectivity index (χ1v) is 10.2. The Kier molecular flexibility index (Phi) is 9.57. The third-order valence-electron chi connectivity index (χ3n) is 4.98. The van der Waals surface area contributed by atoms with Gasteiger partial charge in [-0.2, -0.15) is 0 Å². The molecule has 2 aromatic rings. The molecule has 1 saturated heterocycles. The maximum atomic E-state index is 12.7. The summed E-state index contributed by atoms with van der Waals surface area (Å²) in [5.74, 6) is 0.601. The Balaban J connectivity index is 0.00000341. The van der Waals surface area contributed by atoms with E-state index >= 15 is 0 Å². The largest absolute Gasteiger partial charge is 0.355 e. The summed E-state index contributed by atoms with van der Waals surface area (Å²) < 4.78 is 0. The number of aliphatic imine (C=N–C) groups is 1. The summed E-state index contributed by atoms with van der Waals surface area (Å²) in [6, 6.07) is 15.0. The zero-order valence-corrected chi connectivity index (χ0v) is 20.7. The van der Waals surface area contributed by atoms with Gasteiger partial charge in [-0.3, -0.25) is 14.6 Å². The van der Waals surface area contributed by atoms with Crippen LogP contribution < -0.4 is 10.6 Å². The van der Waals surface area contributed by atoms with Gasteiger partial charge in [0, 0.05) is 50.9 Å². The number of rotatable bonds is 5. The molecule has 2 amide bonds. The smallest absolute Gasteiger partial charge is 0.251 e. The maximum Gasteiger partial charge on any atom is 0.251 e. The minimum absolute atomic E-state index is 0. The van der Waals surface area contributed by atoms with E-state index in [9.17, 15) is 9.59 Å². The summed E-state index contributed by atoms with van der Waals surface area (Å²) >= 11 is 5.93. The first kappa shape index (κ1) is 24.9. The van der Waals surface area contributed by atoms with Crippen molar-refractivity contribution in [1.82, 2.24) is 20.4 Å². The first-order valence-electron chi connectivity index (χ1n) is 9.79. The molecule has 0 atom stereocenters. The Morgan fingerprint density at radius 3 is 2.52 bits per heavy atom. The van der Waals surface area contributed by atoms with Crippen LogP contribution in [0.25, 0.3) is 0 Å². The van der Waals surface area contributed by atoms with Crippen LogP contribution in [0.2, 0.25) is 5.02 Å². The third-order valence-corrected chi connectivity index (χ3v) is 5.24. The molecule has 7 nitrogen and oxygen atoms in total. The summed E-state index contributed by atoms with van der Waals surface area (Å²) in [5, 5.41) is 6.60. The monoisotopic (exact) mass is 555 g/mol. The maximum absolute atomic E-state index is 12.7. The van der Waals surface area contributed by atoms with Gasteiger partial charge in [0.25, 0.3) is 5.91 Å². The van der Waals surface area contributed by atoms with Gasteiger partial charge in [0.15, 0.2) is 5.96 Å².